The van der Waals surface area contributed by atoms with Crippen LogP contribution < -0.4 is 0 Å². The van der Waals surface area contributed by atoms with Crippen molar-refractivity contribution in [3.8, 4) is 0 Å². The molecule has 9 heteroatoms. The molecule has 1 saturated heterocycles. The predicted octanol–water partition coefficient (Wildman–Crippen LogP) is 12.0. The van der Waals surface area contributed by atoms with Crippen LogP contribution in [0, 0.1) is 0 Å². The van der Waals surface area contributed by atoms with Crippen LogP contribution in [0.1, 0.15) is 174 Å². The van der Waals surface area contributed by atoms with Crippen LogP contribution in [0.4, 0.5) is 0 Å². The van der Waals surface area contributed by atoms with E-state index in [-0.39, 0.29) is 25.6 Å². The number of unbranched alkanes of at least 4 members (excludes halogenated alkanes) is 14. The number of aliphatic hydroxyl groups excluding tert-OH is 4. The van der Waals surface area contributed by atoms with Gasteiger partial charge in [-0.25, -0.2) is 0 Å². The fourth-order valence-electron chi connectivity index (χ4n) is 6.88. The van der Waals surface area contributed by atoms with Gasteiger partial charge in [0.1, 0.15) is 30.5 Å². The first-order valence-electron chi connectivity index (χ1n) is 24.8. The highest BCUT2D eigenvalue weighted by molar-refractivity contribution is 5.69. The summed E-state index contributed by atoms with van der Waals surface area (Å²) in [6.07, 6.45) is 54.3. The minimum atomic E-state index is -1.55. The van der Waals surface area contributed by atoms with Crippen molar-refractivity contribution in [2.24, 2.45) is 0 Å². The summed E-state index contributed by atoms with van der Waals surface area (Å²) in [5, 5.41) is 40.2. The molecule has 9 nitrogen and oxygen atoms in total. The summed E-state index contributed by atoms with van der Waals surface area (Å²) in [5.74, 6) is -0.361. The highest BCUT2D eigenvalue weighted by Gasteiger charge is 2.44. The topological polar surface area (TPSA) is 135 Å². The molecule has 1 aliphatic heterocycles. The molecule has 0 aromatic heterocycles. The van der Waals surface area contributed by atoms with E-state index in [4.69, 9.17) is 18.9 Å². The molecule has 1 heterocycles. The number of rotatable bonds is 41. The van der Waals surface area contributed by atoms with Crippen molar-refractivity contribution < 1.29 is 44.2 Å². The Bertz CT molecular complexity index is 1280. The molecule has 6 unspecified atom stereocenters. The van der Waals surface area contributed by atoms with E-state index >= 15 is 0 Å². The summed E-state index contributed by atoms with van der Waals surface area (Å²) in [7, 11) is 0. The number of aliphatic hydroxyl groups is 4. The molecule has 0 radical (unpaired) electrons. The highest BCUT2D eigenvalue weighted by Crippen LogP contribution is 2.22. The van der Waals surface area contributed by atoms with E-state index in [1.807, 2.05) is 0 Å². The molecule has 63 heavy (non-hydrogen) atoms. The smallest absolute Gasteiger partial charge is 0.306 e. The van der Waals surface area contributed by atoms with E-state index in [9.17, 15) is 25.2 Å². The molecule has 0 aliphatic carbocycles. The summed E-state index contributed by atoms with van der Waals surface area (Å²) >= 11 is 0. The van der Waals surface area contributed by atoms with Crippen molar-refractivity contribution in [3.05, 3.63) is 97.2 Å². The quantitative estimate of drug-likeness (QED) is 0.0269. The number of hydrogen-bond acceptors (Lipinski definition) is 9. The van der Waals surface area contributed by atoms with Crippen molar-refractivity contribution >= 4 is 5.97 Å². The second-order valence-electron chi connectivity index (χ2n) is 16.5. The number of esters is 1. The van der Waals surface area contributed by atoms with Gasteiger partial charge in [-0.3, -0.25) is 4.79 Å². The lowest BCUT2D eigenvalue weighted by Gasteiger charge is -2.39. The summed E-state index contributed by atoms with van der Waals surface area (Å²) in [6.45, 7) is 4.35. The third kappa shape index (κ3) is 35.1. The third-order valence-corrected chi connectivity index (χ3v) is 10.7. The zero-order valence-corrected chi connectivity index (χ0v) is 39.5. The molecule has 1 fully saturated rings. The van der Waals surface area contributed by atoms with Gasteiger partial charge in [0.2, 0.25) is 0 Å². The first kappa shape index (κ1) is 58.1. The zero-order chi connectivity index (χ0) is 45.7. The molecule has 0 spiro atoms. The zero-order valence-electron chi connectivity index (χ0n) is 39.5. The Morgan fingerprint density at radius 3 is 1.46 bits per heavy atom. The van der Waals surface area contributed by atoms with E-state index in [1.54, 1.807) is 0 Å². The van der Waals surface area contributed by atoms with Crippen molar-refractivity contribution in [1.29, 1.82) is 0 Å². The van der Waals surface area contributed by atoms with Crippen LogP contribution in [0.25, 0.3) is 0 Å². The molecular weight excluding hydrogens is 793 g/mol. The molecule has 0 bridgehead atoms. The Hall–Kier alpha value is -2.89. The normalized spacial score (nSPS) is 20.5. The van der Waals surface area contributed by atoms with Crippen molar-refractivity contribution in [3.63, 3.8) is 0 Å². The second-order valence-corrected chi connectivity index (χ2v) is 16.5. The number of hydrogen-bond donors (Lipinski definition) is 4. The van der Waals surface area contributed by atoms with Crippen LogP contribution in [0.5, 0.6) is 0 Å². The van der Waals surface area contributed by atoms with Crippen molar-refractivity contribution in [2.75, 3.05) is 26.4 Å². The van der Waals surface area contributed by atoms with E-state index in [2.05, 4.69) is 111 Å². The number of ether oxygens (including phenoxy) is 4. The molecule has 0 aromatic rings. The molecule has 360 valence electrons. The Labute approximate surface area is 383 Å². The lowest BCUT2D eigenvalue weighted by atomic mass is 9.99. The average Bonchev–Trinajstić information content (AvgIpc) is 3.28. The SMILES string of the molecule is CC/C=C\C/C=C\C/C=C\C/C=C\C/C=C\C/C=C\CCCCC(=O)OC(COCCCCCCCCCC/C=C\C/C=C\CCCCCC)COC1OC(CO)C(O)C(O)C1O. The molecule has 0 amide bonds. The van der Waals surface area contributed by atoms with Gasteiger partial charge in [-0.05, 0) is 96.3 Å². The Morgan fingerprint density at radius 2 is 0.968 bits per heavy atom. The van der Waals surface area contributed by atoms with E-state index in [0.29, 0.717) is 13.0 Å². The van der Waals surface area contributed by atoms with Crippen LogP contribution >= 0.6 is 0 Å². The molecule has 1 aliphatic rings. The van der Waals surface area contributed by atoms with Gasteiger partial charge in [-0.1, -0.05) is 169 Å². The molecule has 0 saturated carbocycles. The summed E-state index contributed by atoms with van der Waals surface area (Å²) in [6, 6.07) is 0. The maximum absolute atomic E-state index is 12.8. The minimum Gasteiger partial charge on any atom is -0.457 e. The average molecular weight is 883 g/mol. The van der Waals surface area contributed by atoms with Crippen LogP contribution in [-0.4, -0.2) is 89.6 Å². The highest BCUT2D eigenvalue weighted by atomic mass is 16.7. The first-order valence-corrected chi connectivity index (χ1v) is 24.8. The molecule has 4 N–H and O–H groups in total. The summed E-state index contributed by atoms with van der Waals surface area (Å²) in [4.78, 5) is 12.8. The van der Waals surface area contributed by atoms with Gasteiger partial charge >= 0.3 is 5.97 Å². The van der Waals surface area contributed by atoms with Crippen molar-refractivity contribution in [2.45, 2.75) is 211 Å². The third-order valence-electron chi connectivity index (χ3n) is 10.7. The van der Waals surface area contributed by atoms with E-state index in [1.165, 1.54) is 64.2 Å². The summed E-state index contributed by atoms with van der Waals surface area (Å²) in [5.41, 5.74) is 0. The van der Waals surface area contributed by atoms with E-state index in [0.717, 1.165) is 83.5 Å². The maximum Gasteiger partial charge on any atom is 0.306 e. The molecule has 6 atom stereocenters. The lowest BCUT2D eigenvalue weighted by Crippen LogP contribution is -2.59. The summed E-state index contributed by atoms with van der Waals surface area (Å²) < 4.78 is 22.8. The largest absolute Gasteiger partial charge is 0.457 e. The van der Waals surface area contributed by atoms with Crippen LogP contribution in [0.15, 0.2) is 97.2 Å². The molecule has 1 rings (SSSR count). The Balaban J connectivity index is 2.29. The van der Waals surface area contributed by atoms with E-state index < -0.39 is 43.4 Å². The minimum absolute atomic E-state index is 0.117. The second kappa shape index (κ2) is 44.3. The molecule has 0 aromatic carbocycles. The molecular formula is C54H90O9. The monoisotopic (exact) mass is 883 g/mol. The maximum atomic E-state index is 12.8. The van der Waals surface area contributed by atoms with Gasteiger partial charge in [0.15, 0.2) is 6.29 Å². The van der Waals surface area contributed by atoms with Gasteiger partial charge in [0.05, 0.1) is 19.8 Å². The van der Waals surface area contributed by atoms with Crippen LogP contribution in [-0.2, 0) is 23.7 Å². The Kier molecular flexibility index (Phi) is 40.9. The van der Waals surface area contributed by atoms with Gasteiger partial charge in [0.25, 0.3) is 0 Å². The van der Waals surface area contributed by atoms with Crippen LogP contribution in [0.2, 0.25) is 0 Å². The van der Waals surface area contributed by atoms with Gasteiger partial charge in [-0.2, -0.15) is 0 Å². The standard InChI is InChI=1S/C54H90O9/c1-3-5-7-9-11-13-15-17-19-21-23-24-25-27-29-31-33-35-37-39-41-43-50(56)62-48(47-61-54-53(59)52(58)51(57)49(45-55)63-54)46-60-44-42-40-38-36-34-32-30-28-26-22-20-18-16-14-12-10-8-6-4-2/h5,7,11,13-14,16-17,19-20,22-24,27,29,33,35,48-49,51-55,57-59H,3-4,6,8-10,12,15,18,21,25-26,28,30-32,34,36-47H2,1-2H3/b7-5-,13-11-,16-14-,19-17-,22-20-,24-23-,29-27-,35-33-. The van der Waals surface area contributed by atoms with Gasteiger partial charge in [0, 0.05) is 13.0 Å². The first-order chi connectivity index (χ1) is 30.9. The fraction of sp³-hybridized carbons (Fsp3) is 0.685. The predicted molar refractivity (Wildman–Crippen MR) is 260 cm³/mol. The fourth-order valence-corrected chi connectivity index (χ4v) is 6.88. The van der Waals surface area contributed by atoms with Gasteiger partial charge in [-0.15, -0.1) is 0 Å². The number of carbonyl (C=O) groups is 1. The van der Waals surface area contributed by atoms with Crippen LogP contribution in [0.3, 0.4) is 0 Å². The Morgan fingerprint density at radius 1 is 0.524 bits per heavy atom. The van der Waals surface area contributed by atoms with Crippen molar-refractivity contribution in [1.82, 2.24) is 0 Å². The lowest BCUT2D eigenvalue weighted by molar-refractivity contribution is -0.305. The number of allylic oxidation sites excluding steroid dienone is 16. The van der Waals surface area contributed by atoms with Gasteiger partial charge < -0.3 is 39.4 Å². The number of carbonyl (C=O) groups excluding carboxylic acids is 1.